The highest BCUT2D eigenvalue weighted by Gasteiger charge is 2.42. The molecule has 12 heteroatoms. The third kappa shape index (κ3) is 5.17. The van der Waals surface area contributed by atoms with Crippen LogP contribution in [0.4, 0.5) is 16.2 Å². The van der Waals surface area contributed by atoms with Crippen LogP contribution in [0.5, 0.6) is 0 Å². The normalized spacial score (nSPS) is 19.5. The molecule has 0 bridgehead atoms. The summed E-state index contributed by atoms with van der Waals surface area (Å²) in [6, 6.07) is 2.59. The summed E-state index contributed by atoms with van der Waals surface area (Å²) in [6.07, 6.45) is 0.225. The van der Waals surface area contributed by atoms with Crippen LogP contribution in [0, 0.1) is 10.1 Å². The Hall–Kier alpha value is -1.95. The molecule has 3 rings (SSSR count). The number of benzene rings is 1. The van der Waals surface area contributed by atoms with Crippen LogP contribution in [-0.4, -0.2) is 66.1 Å². The molecule has 9 nitrogen and oxygen atoms in total. The first-order valence-electron chi connectivity index (χ1n) is 11.0. The lowest BCUT2D eigenvalue weighted by Crippen LogP contribution is -2.61. The Labute approximate surface area is 213 Å². The Morgan fingerprint density at radius 2 is 2.03 bits per heavy atom. The lowest BCUT2D eigenvalue weighted by Gasteiger charge is -2.46. The molecule has 2 heterocycles. The first-order chi connectivity index (χ1) is 15.6. The minimum Gasteiger partial charge on any atom is -0.465 e. The number of carboxylic acid groups (broad SMARTS) is 1. The minimum atomic E-state index is -2.16. The molecule has 186 valence electrons. The Kier molecular flexibility index (Phi) is 7.52. The Morgan fingerprint density at radius 3 is 2.59 bits per heavy atom. The summed E-state index contributed by atoms with van der Waals surface area (Å²) in [4.78, 5) is 31.0. The molecule has 1 N–H and O–H groups in total. The molecular weight excluding hydrogens is 544 g/mol. The van der Waals surface area contributed by atoms with E-state index in [4.69, 9.17) is 16.0 Å². The number of piperazine rings is 1. The number of aromatic nitrogens is 1. The lowest BCUT2D eigenvalue weighted by molar-refractivity contribution is -0.384. The van der Waals surface area contributed by atoms with E-state index >= 15 is 0 Å². The summed E-state index contributed by atoms with van der Waals surface area (Å²) in [5.74, 6) is 0. The van der Waals surface area contributed by atoms with Crippen LogP contribution in [0.25, 0.3) is 10.9 Å². The molecule has 0 aliphatic carbocycles. The minimum absolute atomic E-state index is 0.0402. The van der Waals surface area contributed by atoms with Gasteiger partial charge >= 0.3 is 11.8 Å². The molecule has 1 aliphatic heterocycles. The van der Waals surface area contributed by atoms with Gasteiger partial charge in [0.2, 0.25) is 0 Å². The molecule has 0 saturated carbocycles. The van der Waals surface area contributed by atoms with E-state index in [9.17, 15) is 20.0 Å². The van der Waals surface area contributed by atoms with E-state index in [2.05, 4.69) is 54.8 Å². The zero-order chi connectivity index (χ0) is 25.6. The molecule has 1 amide bonds. The molecule has 2 aromatic rings. The lowest BCUT2D eigenvalue weighted by atomic mass is 10.0. The summed E-state index contributed by atoms with van der Waals surface area (Å²) in [7, 11) is -2.16. The van der Waals surface area contributed by atoms with Crippen LogP contribution >= 0.6 is 27.5 Å². The van der Waals surface area contributed by atoms with Crippen LogP contribution in [0.2, 0.25) is 23.2 Å². The fourth-order valence-electron chi connectivity index (χ4n) is 3.84. The number of halogens is 2. The molecule has 2 atom stereocenters. The number of pyridine rings is 1. The summed E-state index contributed by atoms with van der Waals surface area (Å²) in [5, 5.41) is 22.7. The van der Waals surface area contributed by atoms with Crippen molar-refractivity contribution in [2.45, 2.75) is 57.9 Å². The summed E-state index contributed by atoms with van der Waals surface area (Å²) in [6.45, 7) is 13.1. The second-order valence-corrected chi connectivity index (χ2v) is 16.3. The van der Waals surface area contributed by atoms with Crippen molar-refractivity contribution in [1.29, 1.82) is 0 Å². The molecule has 0 unspecified atom stereocenters. The van der Waals surface area contributed by atoms with Gasteiger partial charge in [-0.15, -0.1) is 0 Å². The van der Waals surface area contributed by atoms with Gasteiger partial charge in [-0.05, 0) is 53.1 Å². The fraction of sp³-hybridized carbons (Fsp3) is 0.545. The number of nitro groups is 1. The fourth-order valence-corrected chi connectivity index (χ4v) is 5.38. The molecule has 1 aliphatic rings. The molecule has 1 saturated heterocycles. The van der Waals surface area contributed by atoms with Gasteiger partial charge in [-0.3, -0.25) is 10.1 Å². The van der Waals surface area contributed by atoms with Crippen LogP contribution in [0.3, 0.4) is 0 Å². The molecule has 0 spiro atoms. The largest absolute Gasteiger partial charge is 0.465 e. The van der Waals surface area contributed by atoms with Gasteiger partial charge in [0.1, 0.15) is 11.9 Å². The molecule has 0 radical (unpaired) electrons. The molecular formula is C22H30BrClN4O5Si. The van der Waals surface area contributed by atoms with Crippen molar-refractivity contribution in [3.63, 3.8) is 0 Å². The number of anilines is 1. The van der Waals surface area contributed by atoms with Gasteiger partial charge in [-0.2, -0.15) is 0 Å². The van der Waals surface area contributed by atoms with Gasteiger partial charge < -0.3 is 19.3 Å². The van der Waals surface area contributed by atoms with Crippen molar-refractivity contribution >= 4 is 64.2 Å². The number of carbonyl (C=O) groups is 1. The maximum atomic E-state index is 12.0. The van der Waals surface area contributed by atoms with E-state index < -0.39 is 25.4 Å². The average molecular weight is 574 g/mol. The van der Waals surface area contributed by atoms with Crippen LogP contribution in [-0.2, 0) is 4.43 Å². The van der Waals surface area contributed by atoms with Gasteiger partial charge in [-0.25, -0.2) is 9.78 Å². The van der Waals surface area contributed by atoms with Gasteiger partial charge in [0.15, 0.2) is 8.32 Å². The zero-order valence-corrected chi connectivity index (χ0v) is 23.5. The van der Waals surface area contributed by atoms with Gasteiger partial charge in [0.25, 0.3) is 0 Å². The Balaban J connectivity index is 2.15. The number of fused-ring (bicyclic) bond motifs is 1. The van der Waals surface area contributed by atoms with Crippen molar-refractivity contribution in [2.24, 2.45) is 0 Å². The van der Waals surface area contributed by atoms with E-state index in [0.29, 0.717) is 26.1 Å². The Bertz CT molecular complexity index is 1130. The number of hydrogen-bond donors (Lipinski definition) is 1. The maximum Gasteiger partial charge on any atom is 0.407 e. The number of rotatable bonds is 5. The van der Waals surface area contributed by atoms with Gasteiger partial charge in [0, 0.05) is 29.0 Å². The summed E-state index contributed by atoms with van der Waals surface area (Å²) in [5.41, 5.74) is 0.776. The van der Waals surface area contributed by atoms with Crippen molar-refractivity contribution in [2.75, 3.05) is 24.6 Å². The first kappa shape index (κ1) is 26.6. The summed E-state index contributed by atoms with van der Waals surface area (Å²) < 4.78 is 7.10. The third-order valence-corrected chi connectivity index (χ3v) is 12.6. The molecule has 1 aromatic carbocycles. The molecule has 34 heavy (non-hydrogen) atoms. The summed E-state index contributed by atoms with van der Waals surface area (Å²) >= 11 is 9.75. The Morgan fingerprint density at radius 1 is 1.38 bits per heavy atom. The quantitative estimate of drug-likeness (QED) is 0.260. The SMILES string of the molecule is C[C@@H]1CN(c2c([N+](=O)[O-])cnc3cc(Br)c(Cl)cc23)[C@@H](CO[Si](C)(C)C(C)(C)C)CN1C(=O)O. The molecule has 1 aromatic heterocycles. The van der Waals surface area contributed by atoms with Crippen LogP contribution < -0.4 is 4.90 Å². The number of nitrogens with zero attached hydrogens (tertiary/aromatic N) is 4. The van der Waals surface area contributed by atoms with E-state index in [0.717, 1.165) is 0 Å². The third-order valence-electron chi connectivity index (χ3n) is 6.88. The second-order valence-electron chi connectivity index (χ2n) is 10.2. The van der Waals surface area contributed by atoms with Crippen LogP contribution in [0.1, 0.15) is 27.7 Å². The van der Waals surface area contributed by atoms with E-state index in [1.165, 1.54) is 11.1 Å². The van der Waals surface area contributed by atoms with Gasteiger partial charge in [0.05, 0.1) is 28.1 Å². The highest BCUT2D eigenvalue weighted by atomic mass is 79.9. The maximum absolute atomic E-state index is 12.0. The van der Waals surface area contributed by atoms with E-state index in [1.54, 1.807) is 19.1 Å². The number of amides is 1. The average Bonchev–Trinajstić information content (AvgIpc) is 2.71. The highest BCUT2D eigenvalue weighted by Crippen LogP contribution is 2.41. The van der Waals surface area contributed by atoms with Crippen molar-refractivity contribution in [3.8, 4) is 0 Å². The highest BCUT2D eigenvalue weighted by molar-refractivity contribution is 9.10. The predicted octanol–water partition coefficient (Wildman–Crippen LogP) is 6.14. The van der Waals surface area contributed by atoms with Crippen molar-refractivity contribution in [3.05, 3.63) is 37.9 Å². The standard InChI is InChI=1S/C22H30BrClN4O5Si/c1-13-10-27(14(11-26(13)21(29)30)12-33-34(5,6)22(2,3)4)20-15-7-17(24)16(23)8-18(15)25-9-19(20)28(31)32/h7-9,13-14H,10-12H2,1-6H3,(H,29,30)/t13-,14-/m1/s1. The predicted molar refractivity (Wildman–Crippen MR) is 140 cm³/mol. The topological polar surface area (TPSA) is 109 Å². The first-order valence-corrected chi connectivity index (χ1v) is 15.0. The van der Waals surface area contributed by atoms with E-state index in [1.807, 2.05) is 4.90 Å². The zero-order valence-electron chi connectivity index (χ0n) is 20.1. The molecule has 1 fully saturated rings. The van der Waals surface area contributed by atoms with E-state index in [-0.39, 0.29) is 36.5 Å². The van der Waals surface area contributed by atoms with Crippen LogP contribution in [0.15, 0.2) is 22.8 Å². The number of hydrogen-bond acceptors (Lipinski definition) is 6. The van der Waals surface area contributed by atoms with Crippen molar-refractivity contribution in [1.82, 2.24) is 9.88 Å². The second kappa shape index (κ2) is 9.60. The van der Waals surface area contributed by atoms with Crippen molar-refractivity contribution < 1.29 is 19.3 Å². The van der Waals surface area contributed by atoms with Gasteiger partial charge in [-0.1, -0.05) is 32.4 Å². The smallest absolute Gasteiger partial charge is 0.407 e. The monoisotopic (exact) mass is 572 g/mol.